The van der Waals surface area contributed by atoms with Crippen molar-refractivity contribution in [2.24, 2.45) is 0 Å². The first kappa shape index (κ1) is 13.6. The second-order valence-electron chi connectivity index (χ2n) is 4.36. The molecule has 22 heavy (non-hydrogen) atoms. The molecule has 0 aliphatic carbocycles. The molecule has 3 aromatic rings. The van der Waals surface area contributed by atoms with E-state index in [0.717, 1.165) is 0 Å². The van der Waals surface area contributed by atoms with Crippen molar-refractivity contribution in [3.8, 4) is 17.7 Å². The predicted octanol–water partition coefficient (Wildman–Crippen LogP) is 2.13. The molecule has 1 N–H and O–H groups in total. The van der Waals surface area contributed by atoms with Gasteiger partial charge < -0.3 is 14.3 Å². The topological polar surface area (TPSA) is 105 Å². The molecular weight excluding hydrogens is 284 g/mol. The fraction of sp³-hybridized carbons (Fsp3) is 0.0667. The monoisotopic (exact) mass is 294 g/mol. The maximum absolute atomic E-state index is 12.0. The van der Waals surface area contributed by atoms with Gasteiger partial charge in [-0.1, -0.05) is 5.16 Å². The molecule has 1 amide bonds. The molecule has 0 unspecified atom stereocenters. The van der Waals surface area contributed by atoms with E-state index in [4.69, 9.17) is 14.2 Å². The van der Waals surface area contributed by atoms with Gasteiger partial charge in [-0.2, -0.15) is 10.2 Å². The van der Waals surface area contributed by atoms with E-state index in [2.05, 4.69) is 15.5 Å². The number of hydrogen-bond donors (Lipinski definition) is 1. The van der Waals surface area contributed by atoms with Gasteiger partial charge in [-0.05, 0) is 36.4 Å². The summed E-state index contributed by atoms with van der Waals surface area (Å²) in [5.41, 5.74) is 0.951. The van der Waals surface area contributed by atoms with Crippen molar-refractivity contribution in [2.75, 3.05) is 0 Å². The van der Waals surface area contributed by atoms with Crippen molar-refractivity contribution in [2.45, 2.75) is 6.54 Å². The second-order valence-corrected chi connectivity index (χ2v) is 4.36. The molecule has 108 valence electrons. The van der Waals surface area contributed by atoms with E-state index in [-0.39, 0.29) is 18.3 Å². The number of carbonyl (C=O) groups excluding carboxylic acids is 1. The predicted molar refractivity (Wildman–Crippen MR) is 74.3 cm³/mol. The third-order valence-electron chi connectivity index (χ3n) is 2.88. The third-order valence-corrected chi connectivity index (χ3v) is 2.88. The zero-order valence-electron chi connectivity index (χ0n) is 11.3. The Morgan fingerprint density at radius 3 is 2.77 bits per heavy atom. The molecule has 0 aliphatic rings. The molecular formula is C15H10N4O3. The van der Waals surface area contributed by atoms with Crippen LogP contribution in [0, 0.1) is 11.3 Å². The molecule has 0 radical (unpaired) electrons. The van der Waals surface area contributed by atoms with Gasteiger partial charge in [0, 0.05) is 5.56 Å². The summed E-state index contributed by atoms with van der Waals surface area (Å²) in [7, 11) is 0. The lowest BCUT2D eigenvalue weighted by Gasteiger charge is -2.02. The van der Waals surface area contributed by atoms with Crippen molar-refractivity contribution < 1.29 is 13.7 Å². The van der Waals surface area contributed by atoms with Crippen LogP contribution < -0.4 is 5.32 Å². The Balaban J connectivity index is 1.62. The molecule has 0 aliphatic heterocycles. The van der Waals surface area contributed by atoms with E-state index < -0.39 is 0 Å². The average Bonchev–Trinajstić information content (AvgIpc) is 3.23. The van der Waals surface area contributed by atoms with E-state index in [1.54, 1.807) is 36.4 Å². The molecule has 0 saturated heterocycles. The Morgan fingerprint density at radius 1 is 1.27 bits per heavy atom. The molecule has 0 atom stereocenters. The number of amides is 1. The van der Waals surface area contributed by atoms with Crippen molar-refractivity contribution in [1.29, 1.82) is 5.26 Å². The first-order chi connectivity index (χ1) is 10.8. The van der Waals surface area contributed by atoms with Gasteiger partial charge in [-0.15, -0.1) is 0 Å². The highest BCUT2D eigenvalue weighted by atomic mass is 16.5. The summed E-state index contributed by atoms with van der Waals surface area (Å²) in [6, 6.07) is 11.7. The van der Waals surface area contributed by atoms with Crippen LogP contribution in [0.1, 0.15) is 21.7 Å². The highest BCUT2D eigenvalue weighted by molar-refractivity contribution is 5.94. The molecule has 7 heteroatoms. The molecule has 0 saturated carbocycles. The average molecular weight is 294 g/mol. The summed E-state index contributed by atoms with van der Waals surface area (Å²) in [4.78, 5) is 16.1. The maximum atomic E-state index is 12.0. The maximum Gasteiger partial charge on any atom is 0.293 e. The van der Waals surface area contributed by atoms with Crippen LogP contribution >= 0.6 is 0 Å². The van der Waals surface area contributed by atoms with E-state index in [1.165, 1.54) is 6.26 Å². The highest BCUT2D eigenvalue weighted by Crippen LogP contribution is 2.16. The SMILES string of the molecule is N#Cc1ccc(C(=O)NCc2noc(-c3ccco3)n2)cc1. The lowest BCUT2D eigenvalue weighted by atomic mass is 10.1. The van der Waals surface area contributed by atoms with Gasteiger partial charge in [0.2, 0.25) is 0 Å². The standard InChI is InChI=1S/C15H10N4O3/c16-8-10-3-5-11(6-4-10)14(20)17-9-13-18-15(22-19-13)12-2-1-7-21-12/h1-7H,9H2,(H,17,20). The summed E-state index contributed by atoms with van der Waals surface area (Å²) in [6.45, 7) is 0.128. The highest BCUT2D eigenvalue weighted by Gasteiger charge is 2.12. The molecule has 1 aromatic carbocycles. The summed E-state index contributed by atoms with van der Waals surface area (Å²) in [6.07, 6.45) is 1.51. The molecule has 0 spiro atoms. The van der Waals surface area contributed by atoms with Crippen LogP contribution in [0.15, 0.2) is 51.6 Å². The second kappa shape index (κ2) is 5.93. The number of rotatable bonds is 4. The van der Waals surface area contributed by atoms with Crippen LogP contribution in [0.5, 0.6) is 0 Å². The fourth-order valence-corrected chi connectivity index (χ4v) is 1.78. The number of hydrogen-bond acceptors (Lipinski definition) is 6. The Hall–Kier alpha value is -3.40. The first-order valence-corrected chi connectivity index (χ1v) is 6.41. The minimum absolute atomic E-state index is 0.128. The van der Waals surface area contributed by atoms with Gasteiger partial charge in [-0.3, -0.25) is 4.79 Å². The zero-order chi connectivity index (χ0) is 15.4. The van der Waals surface area contributed by atoms with Crippen molar-refractivity contribution in [3.05, 3.63) is 59.6 Å². The summed E-state index contributed by atoms with van der Waals surface area (Å²) in [5, 5.41) is 15.1. The quantitative estimate of drug-likeness (QED) is 0.790. The van der Waals surface area contributed by atoms with Crippen LogP contribution in [0.25, 0.3) is 11.7 Å². The molecule has 2 aromatic heterocycles. The number of carbonyl (C=O) groups is 1. The minimum atomic E-state index is -0.283. The molecule has 0 fully saturated rings. The first-order valence-electron chi connectivity index (χ1n) is 6.41. The number of nitrogens with one attached hydrogen (secondary N) is 1. The van der Waals surface area contributed by atoms with Gasteiger partial charge in [0.1, 0.15) is 0 Å². The van der Waals surface area contributed by atoms with E-state index in [1.807, 2.05) is 6.07 Å². The molecule has 7 nitrogen and oxygen atoms in total. The Morgan fingerprint density at radius 2 is 2.09 bits per heavy atom. The Bertz CT molecular complexity index is 813. The van der Waals surface area contributed by atoms with Crippen LogP contribution in [0.3, 0.4) is 0 Å². The number of benzene rings is 1. The van der Waals surface area contributed by atoms with E-state index in [0.29, 0.717) is 22.7 Å². The lowest BCUT2D eigenvalue weighted by Crippen LogP contribution is -2.23. The number of aromatic nitrogens is 2. The third kappa shape index (κ3) is 2.86. The molecule has 0 bridgehead atoms. The van der Waals surface area contributed by atoms with Crippen LogP contribution in [0.2, 0.25) is 0 Å². The zero-order valence-corrected chi connectivity index (χ0v) is 11.3. The van der Waals surface area contributed by atoms with Crippen molar-refractivity contribution >= 4 is 5.91 Å². The number of nitriles is 1. The lowest BCUT2D eigenvalue weighted by molar-refractivity contribution is 0.0949. The largest absolute Gasteiger partial charge is 0.459 e. The smallest absolute Gasteiger partial charge is 0.293 e. The summed E-state index contributed by atoms with van der Waals surface area (Å²) in [5.74, 6) is 0.784. The van der Waals surface area contributed by atoms with Gasteiger partial charge in [0.15, 0.2) is 11.6 Å². The minimum Gasteiger partial charge on any atom is -0.459 e. The summed E-state index contributed by atoms with van der Waals surface area (Å²) < 4.78 is 10.2. The summed E-state index contributed by atoms with van der Waals surface area (Å²) >= 11 is 0. The Labute approximate surface area is 125 Å². The van der Waals surface area contributed by atoms with Crippen molar-refractivity contribution in [1.82, 2.24) is 15.5 Å². The molecule has 3 rings (SSSR count). The van der Waals surface area contributed by atoms with Crippen molar-refractivity contribution in [3.63, 3.8) is 0 Å². The fourth-order valence-electron chi connectivity index (χ4n) is 1.78. The number of furan rings is 1. The van der Waals surface area contributed by atoms with E-state index in [9.17, 15) is 4.79 Å². The Kier molecular flexibility index (Phi) is 3.66. The van der Waals surface area contributed by atoms with Gasteiger partial charge in [0.25, 0.3) is 11.8 Å². The molecule has 2 heterocycles. The number of nitrogens with zero attached hydrogens (tertiary/aromatic N) is 3. The van der Waals surface area contributed by atoms with Crippen LogP contribution in [-0.4, -0.2) is 16.0 Å². The van der Waals surface area contributed by atoms with Gasteiger partial charge in [-0.25, -0.2) is 0 Å². The van der Waals surface area contributed by atoms with Crippen LogP contribution in [0.4, 0.5) is 0 Å². The normalized spacial score (nSPS) is 10.1. The van der Waals surface area contributed by atoms with Crippen LogP contribution in [-0.2, 0) is 6.54 Å². The van der Waals surface area contributed by atoms with Gasteiger partial charge >= 0.3 is 0 Å². The van der Waals surface area contributed by atoms with Gasteiger partial charge in [0.05, 0.1) is 24.4 Å². The van der Waals surface area contributed by atoms with E-state index >= 15 is 0 Å².